The fourth-order valence-corrected chi connectivity index (χ4v) is 2.09. The largest absolute Gasteiger partial charge is 1.00 e. The number of alkyl halides is 4. The standard InChI is InChI=1S/C11H18F4O5S.Na/c1-3-5-6-8(4-2)7-20-9(16)10(12,11(13,14)15)21(17,18)19;/h8H,3-7H2,1-2H3,(H,17,18,19);/q;+1/p-1. The Balaban J connectivity index is 0. The maximum absolute atomic E-state index is 13.5. The minimum Gasteiger partial charge on any atom is -0.745 e. The van der Waals surface area contributed by atoms with Gasteiger partial charge in [0, 0.05) is 0 Å². The van der Waals surface area contributed by atoms with E-state index in [0.717, 1.165) is 12.8 Å². The summed E-state index contributed by atoms with van der Waals surface area (Å²) in [5, 5.41) is -5.58. The summed E-state index contributed by atoms with van der Waals surface area (Å²) in [6, 6.07) is 0. The van der Waals surface area contributed by atoms with Gasteiger partial charge in [-0.2, -0.15) is 13.2 Å². The summed E-state index contributed by atoms with van der Waals surface area (Å²) in [5.41, 5.74) is 0. The molecule has 5 nitrogen and oxygen atoms in total. The minimum atomic E-state index is -6.61. The average molecular weight is 360 g/mol. The molecule has 2 unspecified atom stereocenters. The van der Waals surface area contributed by atoms with E-state index in [1.54, 1.807) is 6.92 Å². The number of ether oxygens (including phenoxy) is 1. The molecule has 0 amide bonds. The number of esters is 1. The molecule has 0 radical (unpaired) electrons. The van der Waals surface area contributed by atoms with Gasteiger partial charge in [-0.25, -0.2) is 17.6 Å². The molecule has 0 aromatic rings. The molecule has 22 heavy (non-hydrogen) atoms. The molecule has 0 aliphatic heterocycles. The summed E-state index contributed by atoms with van der Waals surface area (Å²) in [4.78, 5) is 11.2. The van der Waals surface area contributed by atoms with Gasteiger partial charge in [0.25, 0.3) is 0 Å². The predicted octanol–water partition coefficient (Wildman–Crippen LogP) is -0.477. The number of unbranched alkanes of at least 4 members (excludes halogenated alkanes) is 1. The third-order valence-electron chi connectivity index (χ3n) is 2.97. The van der Waals surface area contributed by atoms with Crippen molar-refractivity contribution in [3.63, 3.8) is 0 Å². The minimum absolute atomic E-state index is 0. The molecule has 0 heterocycles. The maximum atomic E-state index is 13.5. The molecule has 0 N–H and O–H groups in total. The van der Waals surface area contributed by atoms with Gasteiger partial charge >= 0.3 is 46.7 Å². The van der Waals surface area contributed by atoms with E-state index in [2.05, 4.69) is 4.74 Å². The van der Waals surface area contributed by atoms with Gasteiger partial charge in [-0.1, -0.05) is 33.1 Å². The third kappa shape index (κ3) is 5.95. The monoisotopic (exact) mass is 360 g/mol. The van der Waals surface area contributed by atoms with Gasteiger partial charge in [0.2, 0.25) is 0 Å². The topological polar surface area (TPSA) is 83.5 Å². The SMILES string of the molecule is CCCCC(CC)COC(=O)C(F)(C(F)(F)F)S(=O)(=O)[O-].[Na+]. The van der Waals surface area contributed by atoms with E-state index < -0.39 is 33.9 Å². The van der Waals surface area contributed by atoms with Crippen molar-refractivity contribution in [1.29, 1.82) is 0 Å². The van der Waals surface area contributed by atoms with Crippen LogP contribution in [0.5, 0.6) is 0 Å². The number of carbonyl (C=O) groups is 1. The van der Waals surface area contributed by atoms with Crippen LogP contribution in [-0.2, 0) is 19.6 Å². The van der Waals surface area contributed by atoms with Gasteiger partial charge in [0.05, 0.1) is 6.61 Å². The van der Waals surface area contributed by atoms with Gasteiger partial charge < -0.3 is 9.29 Å². The summed E-state index contributed by atoms with van der Waals surface area (Å²) < 4.78 is 86.2. The number of halogens is 4. The van der Waals surface area contributed by atoms with E-state index in [4.69, 9.17) is 0 Å². The van der Waals surface area contributed by atoms with Crippen molar-refractivity contribution < 1.29 is 69.6 Å². The Hall–Kier alpha value is 0.1000. The van der Waals surface area contributed by atoms with E-state index in [1.807, 2.05) is 6.92 Å². The zero-order chi connectivity index (χ0) is 16.9. The van der Waals surface area contributed by atoms with Gasteiger partial charge in [0.1, 0.15) is 0 Å². The molecule has 126 valence electrons. The molecule has 0 bridgehead atoms. The summed E-state index contributed by atoms with van der Waals surface area (Å²) in [7, 11) is -6.61. The Kier molecular flexibility index (Phi) is 10.4. The summed E-state index contributed by atoms with van der Waals surface area (Å²) in [5.74, 6) is -3.07. The molecular weight excluding hydrogens is 343 g/mol. The smallest absolute Gasteiger partial charge is 0.745 e. The molecular formula is C11H17F4NaO5S. The van der Waals surface area contributed by atoms with Gasteiger partial charge in [0.15, 0.2) is 10.1 Å². The molecule has 0 aromatic carbocycles. The van der Waals surface area contributed by atoms with E-state index in [1.165, 1.54) is 0 Å². The van der Waals surface area contributed by atoms with Crippen LogP contribution < -0.4 is 29.6 Å². The van der Waals surface area contributed by atoms with Gasteiger partial charge in [-0.15, -0.1) is 0 Å². The fourth-order valence-electron chi connectivity index (χ4n) is 1.54. The van der Waals surface area contributed by atoms with Crippen LogP contribution in [-0.4, -0.2) is 36.7 Å². The molecule has 0 rings (SSSR count). The zero-order valence-electron chi connectivity index (χ0n) is 12.6. The first-order valence-electron chi connectivity index (χ1n) is 6.30. The predicted molar refractivity (Wildman–Crippen MR) is 63.9 cm³/mol. The quantitative estimate of drug-likeness (QED) is 0.253. The summed E-state index contributed by atoms with van der Waals surface area (Å²) in [6.45, 7) is 2.98. The summed E-state index contributed by atoms with van der Waals surface area (Å²) in [6.07, 6.45) is -3.71. The molecule has 0 spiro atoms. The van der Waals surface area contributed by atoms with Crippen LogP contribution in [0.4, 0.5) is 17.6 Å². The van der Waals surface area contributed by atoms with Crippen molar-refractivity contribution in [2.45, 2.75) is 50.7 Å². The average Bonchev–Trinajstić information content (AvgIpc) is 2.34. The van der Waals surface area contributed by atoms with Crippen LogP contribution in [0.2, 0.25) is 0 Å². The van der Waals surface area contributed by atoms with E-state index in [0.29, 0.717) is 12.8 Å². The van der Waals surface area contributed by atoms with Crippen molar-refractivity contribution in [2.75, 3.05) is 6.61 Å². The summed E-state index contributed by atoms with van der Waals surface area (Å²) >= 11 is 0. The molecule has 2 atom stereocenters. The van der Waals surface area contributed by atoms with Crippen molar-refractivity contribution in [2.24, 2.45) is 5.92 Å². The first-order chi connectivity index (χ1) is 9.41. The molecule has 0 saturated heterocycles. The normalized spacial score (nSPS) is 16.3. The van der Waals surface area contributed by atoms with Crippen LogP contribution in [0.3, 0.4) is 0 Å². The molecule has 0 aliphatic carbocycles. The third-order valence-corrected chi connectivity index (χ3v) is 4.05. The Morgan fingerprint density at radius 2 is 1.73 bits per heavy atom. The van der Waals surface area contributed by atoms with Crippen LogP contribution >= 0.6 is 0 Å². The number of rotatable bonds is 8. The number of hydrogen-bond acceptors (Lipinski definition) is 5. The molecule has 0 saturated carbocycles. The van der Waals surface area contributed by atoms with Gasteiger partial charge in [-0.3, -0.25) is 0 Å². The Labute approximate surface area is 148 Å². The van der Waals surface area contributed by atoms with E-state index in [9.17, 15) is 35.3 Å². The molecule has 11 heteroatoms. The van der Waals surface area contributed by atoms with E-state index >= 15 is 0 Å². The van der Waals surface area contributed by atoms with Crippen LogP contribution in [0.25, 0.3) is 0 Å². The Bertz CT molecular complexity index is 454. The Morgan fingerprint density at radius 3 is 2.05 bits per heavy atom. The van der Waals surface area contributed by atoms with Gasteiger partial charge in [-0.05, 0) is 12.3 Å². The first-order valence-corrected chi connectivity index (χ1v) is 7.70. The van der Waals surface area contributed by atoms with Crippen molar-refractivity contribution in [3.05, 3.63) is 0 Å². The number of carbonyl (C=O) groups excluding carboxylic acids is 1. The second-order valence-electron chi connectivity index (χ2n) is 4.56. The first kappa shape index (κ1) is 24.4. The fraction of sp³-hybridized carbons (Fsp3) is 0.909. The van der Waals surface area contributed by atoms with Crippen molar-refractivity contribution >= 4 is 16.1 Å². The second-order valence-corrected chi connectivity index (χ2v) is 6.03. The molecule has 0 aromatic heterocycles. The van der Waals surface area contributed by atoms with Crippen LogP contribution in [0.15, 0.2) is 0 Å². The van der Waals surface area contributed by atoms with Crippen molar-refractivity contribution in [3.8, 4) is 0 Å². The molecule has 0 aliphatic rings. The number of hydrogen-bond donors (Lipinski definition) is 0. The molecule has 0 fully saturated rings. The Morgan fingerprint density at radius 1 is 1.23 bits per heavy atom. The van der Waals surface area contributed by atoms with Crippen molar-refractivity contribution in [1.82, 2.24) is 0 Å². The van der Waals surface area contributed by atoms with Crippen LogP contribution in [0, 0.1) is 5.92 Å². The second kappa shape index (κ2) is 9.41. The van der Waals surface area contributed by atoms with Crippen LogP contribution in [0.1, 0.15) is 39.5 Å². The maximum Gasteiger partial charge on any atom is 1.00 e. The van der Waals surface area contributed by atoms with E-state index in [-0.39, 0.29) is 35.5 Å². The zero-order valence-corrected chi connectivity index (χ0v) is 15.4.